The van der Waals surface area contributed by atoms with Crippen molar-refractivity contribution in [2.75, 3.05) is 5.73 Å². The summed E-state index contributed by atoms with van der Waals surface area (Å²) >= 11 is 17.5. The molecule has 20 heavy (non-hydrogen) atoms. The Hall–Kier alpha value is -0.940. The lowest BCUT2D eigenvalue weighted by atomic mass is 10.2. The maximum atomic E-state index is 12.4. The van der Waals surface area contributed by atoms with Gasteiger partial charge in [-0.2, -0.15) is 0 Å². The molecule has 2 aromatic rings. The van der Waals surface area contributed by atoms with E-state index in [0.29, 0.717) is 20.6 Å². The molecule has 0 radical (unpaired) electrons. The second-order valence-electron chi connectivity index (χ2n) is 4.19. The van der Waals surface area contributed by atoms with Crippen LogP contribution in [-0.2, 0) is 15.6 Å². The minimum Gasteiger partial charge on any atom is -0.398 e. The smallest absolute Gasteiger partial charge is 0.184 e. The number of sulfone groups is 1. The molecule has 0 spiro atoms. The number of hydrogen-bond donors (Lipinski definition) is 1. The molecular formula is C13H10Cl3NO2S. The van der Waals surface area contributed by atoms with E-state index in [1.54, 1.807) is 12.1 Å². The first-order chi connectivity index (χ1) is 9.29. The summed E-state index contributed by atoms with van der Waals surface area (Å²) in [5.41, 5.74) is 6.39. The molecule has 2 N–H and O–H groups in total. The Bertz CT molecular complexity index is 760. The molecule has 0 atom stereocenters. The van der Waals surface area contributed by atoms with Gasteiger partial charge in [-0.1, -0.05) is 40.9 Å². The number of nitrogens with two attached hydrogens (primary N) is 1. The molecule has 0 unspecified atom stereocenters. The average molecular weight is 351 g/mol. The summed E-state index contributed by atoms with van der Waals surface area (Å²) in [4.78, 5) is 0.0103. The summed E-state index contributed by atoms with van der Waals surface area (Å²) in [5, 5.41) is 0.987. The minimum atomic E-state index is -3.61. The maximum absolute atomic E-state index is 12.4. The van der Waals surface area contributed by atoms with Gasteiger partial charge in [0.25, 0.3) is 0 Å². The van der Waals surface area contributed by atoms with Gasteiger partial charge in [0.15, 0.2) is 9.84 Å². The number of hydrogen-bond acceptors (Lipinski definition) is 3. The molecule has 0 aliphatic heterocycles. The first-order valence-corrected chi connectivity index (χ1v) is 8.30. The highest BCUT2D eigenvalue weighted by molar-refractivity contribution is 7.90. The normalized spacial score (nSPS) is 11.6. The third-order valence-corrected chi connectivity index (χ3v) is 5.36. The summed E-state index contributed by atoms with van der Waals surface area (Å²) in [7, 11) is -3.61. The van der Waals surface area contributed by atoms with Gasteiger partial charge in [-0.3, -0.25) is 0 Å². The van der Waals surface area contributed by atoms with Crippen LogP contribution in [0.2, 0.25) is 15.1 Å². The molecule has 0 aliphatic carbocycles. The molecule has 0 fully saturated rings. The van der Waals surface area contributed by atoms with Gasteiger partial charge in [0.05, 0.1) is 26.4 Å². The van der Waals surface area contributed by atoms with Gasteiger partial charge in [0.2, 0.25) is 0 Å². The molecule has 0 aliphatic rings. The molecule has 3 nitrogen and oxygen atoms in total. The number of rotatable bonds is 3. The Kier molecular flexibility index (Phi) is 4.49. The fraction of sp³-hybridized carbons (Fsp3) is 0.0769. The zero-order valence-corrected chi connectivity index (χ0v) is 13.2. The summed E-state index contributed by atoms with van der Waals surface area (Å²) < 4.78 is 24.7. The lowest BCUT2D eigenvalue weighted by molar-refractivity contribution is 0.595. The molecule has 0 bridgehead atoms. The summed E-state index contributed by atoms with van der Waals surface area (Å²) in [6.45, 7) is 0. The number of benzene rings is 2. The van der Waals surface area contributed by atoms with E-state index in [-0.39, 0.29) is 16.3 Å². The molecule has 106 valence electrons. The molecule has 0 heterocycles. The van der Waals surface area contributed by atoms with Crippen LogP contribution < -0.4 is 5.73 Å². The monoisotopic (exact) mass is 349 g/mol. The molecule has 0 aromatic heterocycles. The average Bonchev–Trinajstić information content (AvgIpc) is 2.36. The fourth-order valence-electron chi connectivity index (χ4n) is 1.70. The molecule has 2 aromatic carbocycles. The van der Waals surface area contributed by atoms with E-state index in [1.165, 1.54) is 24.3 Å². The van der Waals surface area contributed by atoms with Crippen molar-refractivity contribution in [3.8, 4) is 0 Å². The predicted octanol–water partition coefficient (Wildman–Crippen LogP) is 4.20. The van der Waals surface area contributed by atoms with E-state index in [0.717, 1.165) is 0 Å². The van der Waals surface area contributed by atoms with E-state index in [4.69, 9.17) is 40.5 Å². The highest BCUT2D eigenvalue weighted by Crippen LogP contribution is 2.28. The molecule has 0 saturated carbocycles. The Morgan fingerprint density at radius 1 is 0.950 bits per heavy atom. The number of nitrogen functional groups attached to an aromatic ring is 1. The van der Waals surface area contributed by atoms with Crippen molar-refractivity contribution in [3.63, 3.8) is 0 Å². The van der Waals surface area contributed by atoms with Gasteiger partial charge < -0.3 is 5.73 Å². The van der Waals surface area contributed by atoms with Gasteiger partial charge in [0.1, 0.15) is 0 Å². The molecular weight excluding hydrogens is 341 g/mol. The van der Waals surface area contributed by atoms with Crippen molar-refractivity contribution in [1.82, 2.24) is 0 Å². The van der Waals surface area contributed by atoms with Crippen LogP contribution >= 0.6 is 34.8 Å². The van der Waals surface area contributed by atoms with Gasteiger partial charge in [-0.05, 0) is 35.9 Å². The molecule has 2 rings (SSSR count). The first kappa shape index (κ1) is 15.4. The van der Waals surface area contributed by atoms with E-state index in [2.05, 4.69) is 0 Å². The third-order valence-electron chi connectivity index (χ3n) is 2.65. The summed E-state index contributed by atoms with van der Waals surface area (Å²) in [6, 6.07) is 9.01. The van der Waals surface area contributed by atoms with E-state index < -0.39 is 9.84 Å². The summed E-state index contributed by atoms with van der Waals surface area (Å²) in [5.74, 6) is -0.228. The molecule has 7 heteroatoms. The third kappa shape index (κ3) is 3.38. The largest absolute Gasteiger partial charge is 0.398 e. The van der Waals surface area contributed by atoms with Gasteiger partial charge in [0, 0.05) is 5.02 Å². The van der Waals surface area contributed by atoms with Crippen molar-refractivity contribution in [3.05, 3.63) is 57.0 Å². The van der Waals surface area contributed by atoms with Crippen LogP contribution in [0.5, 0.6) is 0 Å². The maximum Gasteiger partial charge on any atom is 0.184 e. The van der Waals surface area contributed by atoms with Crippen LogP contribution in [0, 0.1) is 0 Å². The first-order valence-electron chi connectivity index (χ1n) is 5.51. The Morgan fingerprint density at radius 3 is 2.30 bits per heavy atom. The SMILES string of the molecule is Nc1ccc(Cl)cc1S(=O)(=O)Cc1ccc(Cl)c(Cl)c1. The van der Waals surface area contributed by atoms with Crippen molar-refractivity contribution in [2.45, 2.75) is 10.6 Å². The van der Waals surface area contributed by atoms with Crippen molar-refractivity contribution in [1.29, 1.82) is 0 Å². The standard InChI is InChI=1S/C13H10Cl3NO2S/c14-9-2-4-12(17)13(6-9)20(18,19)7-8-1-3-10(15)11(16)5-8/h1-6H,7,17H2. The van der Waals surface area contributed by atoms with Gasteiger partial charge >= 0.3 is 0 Å². The minimum absolute atomic E-state index is 0.0103. The van der Waals surface area contributed by atoms with Crippen molar-refractivity contribution in [2.24, 2.45) is 0 Å². The van der Waals surface area contributed by atoms with E-state index in [9.17, 15) is 8.42 Å². The second-order valence-corrected chi connectivity index (χ2v) is 7.40. The summed E-state index contributed by atoms with van der Waals surface area (Å²) in [6.07, 6.45) is 0. The lowest BCUT2D eigenvalue weighted by Gasteiger charge is -2.09. The fourth-order valence-corrected chi connectivity index (χ4v) is 3.77. The van der Waals surface area contributed by atoms with Crippen LogP contribution in [0.4, 0.5) is 5.69 Å². The molecule has 0 amide bonds. The Labute approximate surface area is 132 Å². The van der Waals surface area contributed by atoms with Gasteiger partial charge in [-0.25, -0.2) is 8.42 Å². The zero-order valence-electron chi connectivity index (χ0n) is 10.1. The quantitative estimate of drug-likeness (QED) is 0.844. The predicted molar refractivity (Wildman–Crippen MR) is 83.2 cm³/mol. The van der Waals surface area contributed by atoms with Crippen LogP contribution in [0.15, 0.2) is 41.3 Å². The highest BCUT2D eigenvalue weighted by atomic mass is 35.5. The van der Waals surface area contributed by atoms with Crippen LogP contribution in [0.3, 0.4) is 0 Å². The van der Waals surface area contributed by atoms with Crippen molar-refractivity contribution < 1.29 is 8.42 Å². The van der Waals surface area contributed by atoms with E-state index >= 15 is 0 Å². The topological polar surface area (TPSA) is 60.2 Å². The van der Waals surface area contributed by atoms with Gasteiger partial charge in [-0.15, -0.1) is 0 Å². The Balaban J connectivity index is 2.40. The van der Waals surface area contributed by atoms with E-state index in [1.807, 2.05) is 0 Å². The van der Waals surface area contributed by atoms with Crippen LogP contribution in [0.25, 0.3) is 0 Å². The zero-order chi connectivity index (χ0) is 14.9. The number of halogens is 3. The highest BCUT2D eigenvalue weighted by Gasteiger charge is 2.19. The van der Waals surface area contributed by atoms with Crippen LogP contribution in [0.1, 0.15) is 5.56 Å². The Morgan fingerprint density at radius 2 is 1.65 bits per heavy atom. The lowest BCUT2D eigenvalue weighted by Crippen LogP contribution is -2.08. The van der Waals surface area contributed by atoms with Crippen LogP contribution in [-0.4, -0.2) is 8.42 Å². The number of anilines is 1. The second kappa shape index (κ2) is 5.82. The molecule has 0 saturated heterocycles. The van der Waals surface area contributed by atoms with Crippen molar-refractivity contribution >= 4 is 50.3 Å².